The Balaban J connectivity index is 1.87. The number of hydrogen-bond acceptors (Lipinski definition) is 0. The molecule has 9 heavy (non-hydrogen) atoms. The molecule has 0 aliphatic heterocycles. The Morgan fingerprint density at radius 3 is 2.67 bits per heavy atom. The van der Waals surface area contributed by atoms with Crippen molar-refractivity contribution in [2.45, 2.75) is 38.5 Å². The second-order valence-electron chi connectivity index (χ2n) is 4.36. The molecule has 2 atom stereocenters. The molecule has 0 heteroatoms. The Morgan fingerprint density at radius 2 is 2.00 bits per heavy atom. The fraction of sp³-hybridized carbons (Fsp3) is 1.00. The summed E-state index contributed by atoms with van der Waals surface area (Å²) < 4.78 is 0. The highest BCUT2D eigenvalue weighted by Crippen LogP contribution is 2.71. The van der Waals surface area contributed by atoms with Gasteiger partial charge in [0.15, 0.2) is 0 Å². The molecule has 3 aliphatic carbocycles. The van der Waals surface area contributed by atoms with Crippen molar-refractivity contribution in [3.63, 3.8) is 0 Å². The summed E-state index contributed by atoms with van der Waals surface area (Å²) in [5, 5.41) is 0. The van der Waals surface area contributed by atoms with E-state index in [1.807, 2.05) is 0 Å². The molecule has 3 saturated carbocycles. The minimum Gasteiger partial charge on any atom is -0.0527 e. The van der Waals surface area contributed by atoms with Crippen molar-refractivity contribution >= 4 is 0 Å². The van der Waals surface area contributed by atoms with E-state index in [0.717, 1.165) is 5.41 Å². The summed E-state index contributed by atoms with van der Waals surface area (Å²) in [7, 11) is 0. The van der Waals surface area contributed by atoms with Gasteiger partial charge in [0, 0.05) is 0 Å². The molecule has 0 nitrogen and oxygen atoms in total. The SMILES string of the molecule is C1CC2CC3(CC3)[C@@H]2C1. The molecule has 3 aliphatic rings. The molecule has 0 aromatic rings. The zero-order valence-electron chi connectivity index (χ0n) is 5.90. The molecule has 3 fully saturated rings. The van der Waals surface area contributed by atoms with Gasteiger partial charge in [0.2, 0.25) is 0 Å². The second kappa shape index (κ2) is 1.21. The smallest absolute Gasteiger partial charge is 0.0263 e. The third kappa shape index (κ3) is 0.426. The normalized spacial score (nSPS) is 50.7. The van der Waals surface area contributed by atoms with Crippen LogP contribution in [0.2, 0.25) is 0 Å². The van der Waals surface area contributed by atoms with Gasteiger partial charge in [-0.25, -0.2) is 0 Å². The summed E-state index contributed by atoms with van der Waals surface area (Å²) >= 11 is 0. The van der Waals surface area contributed by atoms with E-state index in [1.165, 1.54) is 11.8 Å². The van der Waals surface area contributed by atoms with E-state index >= 15 is 0 Å². The van der Waals surface area contributed by atoms with Crippen LogP contribution in [0.3, 0.4) is 0 Å². The zero-order valence-corrected chi connectivity index (χ0v) is 5.90. The molecule has 0 aromatic heterocycles. The van der Waals surface area contributed by atoms with E-state index in [4.69, 9.17) is 0 Å². The number of hydrogen-bond donors (Lipinski definition) is 0. The van der Waals surface area contributed by atoms with Gasteiger partial charge in [-0.3, -0.25) is 0 Å². The van der Waals surface area contributed by atoms with Crippen LogP contribution in [-0.2, 0) is 0 Å². The van der Waals surface area contributed by atoms with Crippen LogP contribution in [0.4, 0.5) is 0 Å². The molecular weight excluding hydrogens is 108 g/mol. The predicted molar refractivity (Wildman–Crippen MR) is 37.1 cm³/mol. The first-order valence-corrected chi connectivity index (χ1v) is 4.41. The largest absolute Gasteiger partial charge is 0.0527 e. The highest BCUT2D eigenvalue weighted by molar-refractivity contribution is 5.11. The first-order valence-electron chi connectivity index (χ1n) is 4.41. The monoisotopic (exact) mass is 122 g/mol. The van der Waals surface area contributed by atoms with Gasteiger partial charge in [-0.05, 0) is 42.9 Å². The molecule has 0 N–H and O–H groups in total. The van der Waals surface area contributed by atoms with Gasteiger partial charge in [0.05, 0.1) is 0 Å². The third-order valence-electron chi connectivity index (χ3n) is 4.01. The van der Waals surface area contributed by atoms with Crippen molar-refractivity contribution in [3.8, 4) is 0 Å². The Kier molecular flexibility index (Phi) is 0.640. The fourth-order valence-corrected chi connectivity index (χ4v) is 3.34. The van der Waals surface area contributed by atoms with Crippen molar-refractivity contribution in [2.75, 3.05) is 0 Å². The fourth-order valence-electron chi connectivity index (χ4n) is 3.34. The summed E-state index contributed by atoms with van der Waals surface area (Å²) in [5.41, 5.74) is 0.973. The first kappa shape index (κ1) is 4.76. The number of rotatable bonds is 0. The molecule has 50 valence electrons. The van der Waals surface area contributed by atoms with E-state index in [9.17, 15) is 0 Å². The minimum absolute atomic E-state index is 0.973. The Labute approximate surface area is 56.6 Å². The van der Waals surface area contributed by atoms with Gasteiger partial charge in [-0.1, -0.05) is 12.8 Å². The lowest BCUT2D eigenvalue weighted by atomic mass is 9.64. The van der Waals surface area contributed by atoms with E-state index in [2.05, 4.69) is 0 Å². The highest BCUT2D eigenvalue weighted by Gasteiger charge is 2.61. The summed E-state index contributed by atoms with van der Waals surface area (Å²) in [6.45, 7) is 0. The Morgan fingerprint density at radius 1 is 1.11 bits per heavy atom. The molecule has 0 heterocycles. The van der Waals surface area contributed by atoms with Crippen molar-refractivity contribution in [1.82, 2.24) is 0 Å². The van der Waals surface area contributed by atoms with Crippen LogP contribution in [0.25, 0.3) is 0 Å². The van der Waals surface area contributed by atoms with Gasteiger partial charge in [0.1, 0.15) is 0 Å². The quantitative estimate of drug-likeness (QED) is 0.463. The molecule has 0 radical (unpaired) electrons. The molecule has 0 saturated heterocycles. The summed E-state index contributed by atoms with van der Waals surface area (Å²) in [5.74, 6) is 2.42. The lowest BCUT2D eigenvalue weighted by molar-refractivity contribution is 0.0786. The maximum absolute atomic E-state index is 1.62. The molecule has 0 bridgehead atoms. The molecular formula is C9H14. The van der Waals surface area contributed by atoms with Gasteiger partial charge < -0.3 is 0 Å². The molecule has 0 amide bonds. The average molecular weight is 122 g/mol. The Hall–Kier alpha value is 0. The lowest BCUT2D eigenvalue weighted by Crippen LogP contribution is -2.33. The number of fused-ring (bicyclic) bond motifs is 2. The Bertz CT molecular complexity index is 144. The van der Waals surface area contributed by atoms with Crippen LogP contribution < -0.4 is 0 Å². The average Bonchev–Trinajstić information content (AvgIpc) is 2.54. The van der Waals surface area contributed by atoms with E-state index < -0.39 is 0 Å². The highest BCUT2D eigenvalue weighted by atomic mass is 14.7. The summed E-state index contributed by atoms with van der Waals surface area (Å²) in [6, 6.07) is 0. The van der Waals surface area contributed by atoms with E-state index in [-0.39, 0.29) is 0 Å². The minimum atomic E-state index is 0.973. The van der Waals surface area contributed by atoms with Gasteiger partial charge in [-0.15, -0.1) is 0 Å². The molecule has 0 aromatic carbocycles. The van der Waals surface area contributed by atoms with E-state index in [1.54, 1.807) is 38.5 Å². The van der Waals surface area contributed by atoms with Gasteiger partial charge >= 0.3 is 0 Å². The second-order valence-corrected chi connectivity index (χ2v) is 4.36. The third-order valence-corrected chi connectivity index (χ3v) is 4.01. The van der Waals surface area contributed by atoms with Gasteiger partial charge in [-0.2, -0.15) is 0 Å². The van der Waals surface area contributed by atoms with Crippen LogP contribution in [0.15, 0.2) is 0 Å². The molecule has 1 spiro atoms. The van der Waals surface area contributed by atoms with Crippen molar-refractivity contribution in [2.24, 2.45) is 17.3 Å². The van der Waals surface area contributed by atoms with Crippen LogP contribution >= 0.6 is 0 Å². The van der Waals surface area contributed by atoms with Crippen molar-refractivity contribution in [3.05, 3.63) is 0 Å². The summed E-state index contributed by atoms with van der Waals surface area (Å²) in [4.78, 5) is 0. The first-order chi connectivity index (χ1) is 4.41. The topological polar surface area (TPSA) is 0 Å². The van der Waals surface area contributed by atoms with Crippen LogP contribution in [0.5, 0.6) is 0 Å². The van der Waals surface area contributed by atoms with Crippen LogP contribution in [-0.4, -0.2) is 0 Å². The van der Waals surface area contributed by atoms with Gasteiger partial charge in [0.25, 0.3) is 0 Å². The van der Waals surface area contributed by atoms with Crippen LogP contribution in [0.1, 0.15) is 38.5 Å². The summed E-state index contributed by atoms with van der Waals surface area (Å²) in [6.07, 6.45) is 9.52. The van der Waals surface area contributed by atoms with Crippen LogP contribution in [0, 0.1) is 17.3 Å². The van der Waals surface area contributed by atoms with Crippen molar-refractivity contribution < 1.29 is 0 Å². The maximum Gasteiger partial charge on any atom is -0.0263 e. The predicted octanol–water partition coefficient (Wildman–Crippen LogP) is 2.59. The molecule has 3 rings (SSSR count). The molecule has 1 unspecified atom stereocenters. The zero-order chi connectivity index (χ0) is 5.90. The van der Waals surface area contributed by atoms with Crippen molar-refractivity contribution in [1.29, 1.82) is 0 Å². The van der Waals surface area contributed by atoms with E-state index in [0.29, 0.717) is 0 Å². The standard InChI is InChI=1S/C9H14/c1-2-7-6-9(4-5-9)8(7)3-1/h7-8H,1-6H2/t7?,8-/m1/s1. The lowest BCUT2D eigenvalue weighted by Gasteiger charge is -2.41. The maximum atomic E-state index is 1.62.